The van der Waals surface area contributed by atoms with E-state index in [0.29, 0.717) is 0 Å². The van der Waals surface area contributed by atoms with Crippen molar-refractivity contribution in [1.82, 2.24) is 0 Å². The van der Waals surface area contributed by atoms with E-state index in [1.807, 2.05) is 48.5 Å². The van der Waals surface area contributed by atoms with Crippen LogP contribution in [-0.4, -0.2) is 12.2 Å². The highest BCUT2D eigenvalue weighted by molar-refractivity contribution is 9.10. The van der Waals surface area contributed by atoms with E-state index in [-0.39, 0.29) is 0 Å². The highest BCUT2D eigenvalue weighted by Crippen LogP contribution is 2.30. The summed E-state index contributed by atoms with van der Waals surface area (Å²) in [7, 11) is 1.61. The lowest BCUT2D eigenvalue weighted by Crippen LogP contribution is -1.99. The van der Waals surface area contributed by atoms with Crippen molar-refractivity contribution in [3.8, 4) is 5.75 Å². The van der Waals surface area contributed by atoms with Crippen molar-refractivity contribution in [2.24, 2.45) is 0 Å². The molecule has 0 fully saturated rings. The fourth-order valence-corrected chi connectivity index (χ4v) is 2.08. The monoisotopic (exact) mass is 292 g/mol. The van der Waals surface area contributed by atoms with Crippen LogP contribution < -0.4 is 4.74 Å². The van der Waals surface area contributed by atoms with Gasteiger partial charge >= 0.3 is 0 Å². The van der Waals surface area contributed by atoms with Crippen LogP contribution >= 0.6 is 15.9 Å². The number of aliphatic hydroxyl groups excluding tert-OH is 1. The number of rotatable bonds is 3. The Hall–Kier alpha value is -1.32. The number of halogens is 1. The summed E-state index contributed by atoms with van der Waals surface area (Å²) in [6, 6.07) is 15.1. The van der Waals surface area contributed by atoms with Gasteiger partial charge in [-0.2, -0.15) is 0 Å². The first-order valence-corrected chi connectivity index (χ1v) is 6.08. The molecule has 2 aromatic carbocycles. The minimum atomic E-state index is -0.627. The second kappa shape index (κ2) is 5.34. The van der Waals surface area contributed by atoms with Crippen molar-refractivity contribution >= 4 is 15.9 Å². The molecule has 3 heteroatoms. The molecular formula is C14H13BrO2. The van der Waals surface area contributed by atoms with Crippen molar-refractivity contribution in [3.63, 3.8) is 0 Å². The molecule has 0 amide bonds. The van der Waals surface area contributed by atoms with E-state index in [9.17, 15) is 5.11 Å². The van der Waals surface area contributed by atoms with Crippen molar-refractivity contribution in [2.75, 3.05) is 7.11 Å². The number of methoxy groups -OCH3 is 1. The fraction of sp³-hybridized carbons (Fsp3) is 0.143. The summed E-state index contributed by atoms with van der Waals surface area (Å²) in [5.41, 5.74) is 1.69. The molecule has 0 aliphatic heterocycles. The Morgan fingerprint density at radius 2 is 1.76 bits per heavy atom. The number of hydrogen-bond donors (Lipinski definition) is 1. The van der Waals surface area contributed by atoms with Crippen LogP contribution in [0.3, 0.4) is 0 Å². The highest BCUT2D eigenvalue weighted by atomic mass is 79.9. The van der Waals surface area contributed by atoms with E-state index in [4.69, 9.17) is 4.74 Å². The first-order chi connectivity index (χ1) is 8.22. The van der Waals surface area contributed by atoms with Gasteiger partial charge in [0.1, 0.15) is 11.9 Å². The zero-order valence-corrected chi connectivity index (χ0v) is 11.0. The van der Waals surface area contributed by atoms with Crippen molar-refractivity contribution in [3.05, 3.63) is 64.1 Å². The van der Waals surface area contributed by atoms with Crippen LogP contribution in [0.25, 0.3) is 0 Å². The lowest BCUT2D eigenvalue weighted by molar-refractivity contribution is 0.219. The molecule has 1 N–H and O–H groups in total. The van der Waals surface area contributed by atoms with Gasteiger partial charge in [0.05, 0.1) is 11.6 Å². The average Bonchev–Trinajstić information content (AvgIpc) is 2.39. The molecule has 0 heterocycles. The molecule has 2 aromatic rings. The Labute approximate surface area is 109 Å². The molecule has 0 radical (unpaired) electrons. The minimum absolute atomic E-state index is 0.627. The predicted octanol–water partition coefficient (Wildman–Crippen LogP) is 3.54. The van der Waals surface area contributed by atoms with Gasteiger partial charge in [0.2, 0.25) is 0 Å². The van der Waals surface area contributed by atoms with E-state index in [1.54, 1.807) is 7.11 Å². The maximum Gasteiger partial charge on any atom is 0.133 e. The highest BCUT2D eigenvalue weighted by Gasteiger charge is 2.11. The average molecular weight is 293 g/mol. The molecule has 2 rings (SSSR count). The summed E-state index contributed by atoms with van der Waals surface area (Å²) in [4.78, 5) is 0. The fourth-order valence-electron chi connectivity index (χ4n) is 1.67. The molecule has 0 saturated carbocycles. The Bertz CT molecular complexity index is 497. The van der Waals surface area contributed by atoms with Gasteiger partial charge in [-0.1, -0.05) is 36.4 Å². The Morgan fingerprint density at radius 1 is 1.06 bits per heavy atom. The summed E-state index contributed by atoms with van der Waals surface area (Å²) < 4.78 is 6.09. The molecule has 0 aliphatic carbocycles. The van der Waals surface area contributed by atoms with Gasteiger partial charge in [0, 0.05) is 0 Å². The Balaban J connectivity index is 2.34. The maximum absolute atomic E-state index is 10.2. The van der Waals surface area contributed by atoms with Crippen LogP contribution in [0, 0.1) is 0 Å². The maximum atomic E-state index is 10.2. The third-order valence-corrected chi connectivity index (χ3v) is 3.26. The van der Waals surface area contributed by atoms with Crippen LogP contribution in [0.2, 0.25) is 0 Å². The van der Waals surface area contributed by atoms with E-state index in [1.165, 1.54) is 0 Å². The second-order valence-corrected chi connectivity index (χ2v) is 4.56. The smallest absolute Gasteiger partial charge is 0.133 e. The zero-order valence-electron chi connectivity index (χ0n) is 9.43. The third kappa shape index (κ3) is 2.68. The zero-order chi connectivity index (χ0) is 12.3. The normalized spacial score (nSPS) is 12.2. The molecule has 0 aliphatic rings. The molecule has 1 atom stereocenters. The van der Waals surface area contributed by atoms with Crippen LogP contribution in [0.15, 0.2) is 53.0 Å². The van der Waals surface area contributed by atoms with Crippen molar-refractivity contribution in [2.45, 2.75) is 6.10 Å². The lowest BCUT2D eigenvalue weighted by Gasteiger charge is -2.13. The number of hydrogen-bond acceptors (Lipinski definition) is 2. The quantitative estimate of drug-likeness (QED) is 0.938. The first kappa shape index (κ1) is 12.1. The van der Waals surface area contributed by atoms with Crippen LogP contribution in [0.1, 0.15) is 17.2 Å². The summed E-state index contributed by atoms with van der Waals surface area (Å²) in [5.74, 6) is 0.720. The van der Waals surface area contributed by atoms with Crippen LogP contribution in [0.5, 0.6) is 5.75 Å². The van der Waals surface area contributed by atoms with E-state index in [0.717, 1.165) is 21.3 Å². The Kier molecular flexibility index (Phi) is 3.82. The van der Waals surface area contributed by atoms with Crippen molar-refractivity contribution < 1.29 is 9.84 Å². The molecule has 17 heavy (non-hydrogen) atoms. The molecule has 0 spiro atoms. The Morgan fingerprint density at radius 3 is 2.41 bits per heavy atom. The summed E-state index contributed by atoms with van der Waals surface area (Å²) in [6.07, 6.45) is -0.627. The topological polar surface area (TPSA) is 29.5 Å². The largest absolute Gasteiger partial charge is 0.496 e. The molecule has 0 bridgehead atoms. The van der Waals surface area contributed by atoms with E-state index < -0.39 is 6.10 Å². The predicted molar refractivity (Wildman–Crippen MR) is 71.2 cm³/mol. The van der Waals surface area contributed by atoms with Gasteiger partial charge in [-0.05, 0) is 39.2 Å². The van der Waals surface area contributed by atoms with Gasteiger partial charge in [-0.3, -0.25) is 0 Å². The van der Waals surface area contributed by atoms with E-state index >= 15 is 0 Å². The summed E-state index contributed by atoms with van der Waals surface area (Å²) in [6.45, 7) is 0. The van der Waals surface area contributed by atoms with Crippen LogP contribution in [0.4, 0.5) is 0 Å². The van der Waals surface area contributed by atoms with Gasteiger partial charge in [-0.25, -0.2) is 0 Å². The van der Waals surface area contributed by atoms with Gasteiger partial charge in [0.25, 0.3) is 0 Å². The minimum Gasteiger partial charge on any atom is -0.496 e. The van der Waals surface area contributed by atoms with Crippen LogP contribution in [-0.2, 0) is 0 Å². The second-order valence-electron chi connectivity index (χ2n) is 3.71. The van der Waals surface area contributed by atoms with Gasteiger partial charge in [0.15, 0.2) is 0 Å². The third-order valence-electron chi connectivity index (χ3n) is 2.61. The standard InChI is InChI=1S/C14H13BrO2/c1-17-13-9-11(7-8-12(13)15)14(16)10-5-3-2-4-6-10/h2-9,14,16H,1H3. The number of benzene rings is 2. The van der Waals surface area contributed by atoms with Gasteiger partial charge in [-0.15, -0.1) is 0 Å². The summed E-state index contributed by atoms with van der Waals surface area (Å²) >= 11 is 3.39. The lowest BCUT2D eigenvalue weighted by atomic mass is 10.0. The van der Waals surface area contributed by atoms with E-state index in [2.05, 4.69) is 15.9 Å². The molecule has 0 aromatic heterocycles. The van der Waals surface area contributed by atoms with Crippen molar-refractivity contribution in [1.29, 1.82) is 0 Å². The molecular weight excluding hydrogens is 280 g/mol. The number of aliphatic hydroxyl groups is 1. The molecule has 2 nitrogen and oxygen atoms in total. The van der Waals surface area contributed by atoms with Gasteiger partial charge < -0.3 is 9.84 Å². The molecule has 88 valence electrons. The molecule has 0 saturated heterocycles. The first-order valence-electron chi connectivity index (χ1n) is 5.29. The molecule has 1 unspecified atom stereocenters. The SMILES string of the molecule is COc1cc(C(O)c2ccccc2)ccc1Br. The number of ether oxygens (including phenoxy) is 1. The summed E-state index contributed by atoms with van der Waals surface area (Å²) in [5, 5.41) is 10.2.